The number of halogens is 1. The number of carbonyl (C=O) groups is 2. The minimum atomic E-state index is -0.308. The van der Waals surface area contributed by atoms with E-state index in [1.54, 1.807) is 4.90 Å². The molecule has 2 atom stereocenters. The van der Waals surface area contributed by atoms with Gasteiger partial charge in [0.15, 0.2) is 0 Å². The molecular formula is C21H25BrN2O3. The van der Waals surface area contributed by atoms with Gasteiger partial charge in [-0.25, -0.2) is 4.79 Å². The van der Waals surface area contributed by atoms with Gasteiger partial charge in [-0.3, -0.25) is 9.69 Å². The van der Waals surface area contributed by atoms with Crippen LogP contribution in [0.4, 0.5) is 16.2 Å². The second-order valence-electron chi connectivity index (χ2n) is 9.15. The maximum Gasteiger partial charge on any atom is 0.414 e. The first-order valence-electron chi connectivity index (χ1n) is 9.95. The number of nitrogens with zero attached hydrogens (tertiary/aromatic N) is 1. The number of cyclic esters (lactones) is 1. The molecule has 0 radical (unpaired) electrons. The van der Waals surface area contributed by atoms with Crippen LogP contribution in [0.25, 0.3) is 0 Å². The second-order valence-corrected chi connectivity index (χ2v) is 10.8. The molecule has 1 saturated heterocycles. The van der Waals surface area contributed by atoms with Crippen LogP contribution in [0.5, 0.6) is 0 Å². The molecule has 1 aliphatic heterocycles. The lowest BCUT2D eigenvalue weighted by Gasteiger charge is -2.60. The number of carbonyl (C=O) groups excluding carboxylic acids is 2. The highest BCUT2D eigenvalue weighted by Crippen LogP contribution is 2.65. The molecule has 2 amide bonds. The monoisotopic (exact) mass is 432 g/mol. The molecule has 5 nitrogen and oxygen atoms in total. The van der Waals surface area contributed by atoms with Crippen LogP contribution < -0.4 is 10.2 Å². The average molecular weight is 433 g/mol. The Labute approximate surface area is 167 Å². The highest BCUT2D eigenvalue weighted by atomic mass is 79.9. The van der Waals surface area contributed by atoms with E-state index >= 15 is 0 Å². The van der Waals surface area contributed by atoms with Gasteiger partial charge in [0.1, 0.15) is 6.61 Å². The summed E-state index contributed by atoms with van der Waals surface area (Å²) >= 11 is 4.02. The number of hydrogen-bond donors (Lipinski definition) is 1. The Morgan fingerprint density at radius 2 is 1.89 bits per heavy atom. The third kappa shape index (κ3) is 3.26. The number of nitrogens with one attached hydrogen (secondary N) is 1. The van der Waals surface area contributed by atoms with Crippen molar-refractivity contribution in [3.8, 4) is 0 Å². The van der Waals surface area contributed by atoms with Crippen LogP contribution in [0.15, 0.2) is 24.3 Å². The van der Waals surface area contributed by atoms with Crippen molar-refractivity contribution in [3.63, 3.8) is 0 Å². The van der Waals surface area contributed by atoms with E-state index in [0.29, 0.717) is 19.6 Å². The lowest BCUT2D eigenvalue weighted by molar-refractivity contribution is -0.123. The van der Waals surface area contributed by atoms with Gasteiger partial charge in [0.25, 0.3) is 0 Å². The van der Waals surface area contributed by atoms with Crippen LogP contribution in [0.3, 0.4) is 0 Å². The van der Waals surface area contributed by atoms with Crippen molar-refractivity contribution in [3.05, 3.63) is 24.3 Å². The Bertz CT molecular complexity index is 764. The van der Waals surface area contributed by atoms with E-state index in [0.717, 1.165) is 29.6 Å². The zero-order valence-corrected chi connectivity index (χ0v) is 17.0. The van der Waals surface area contributed by atoms with E-state index in [-0.39, 0.29) is 21.7 Å². The molecule has 6 heteroatoms. The Balaban J connectivity index is 1.24. The van der Waals surface area contributed by atoms with Gasteiger partial charge in [-0.2, -0.15) is 0 Å². The van der Waals surface area contributed by atoms with Gasteiger partial charge in [-0.15, -0.1) is 0 Å². The van der Waals surface area contributed by atoms with Crippen molar-refractivity contribution >= 4 is 39.3 Å². The van der Waals surface area contributed by atoms with Crippen LogP contribution >= 0.6 is 15.9 Å². The minimum absolute atomic E-state index is 0.112. The fourth-order valence-corrected chi connectivity index (χ4v) is 7.95. The smallest absolute Gasteiger partial charge is 0.414 e. The molecule has 27 heavy (non-hydrogen) atoms. The zero-order valence-electron chi connectivity index (χ0n) is 15.4. The Morgan fingerprint density at radius 3 is 2.48 bits per heavy atom. The summed E-state index contributed by atoms with van der Waals surface area (Å²) in [7, 11) is 0. The SMILES string of the molecule is O=C(CC12CC3CC(CC(Br)(C3)C1)C2)Nc1ccc(N2CCOC2=O)cc1. The molecule has 2 unspecified atom stereocenters. The van der Waals surface area contributed by atoms with E-state index in [1.807, 2.05) is 24.3 Å². The lowest BCUT2D eigenvalue weighted by atomic mass is 9.48. The summed E-state index contributed by atoms with van der Waals surface area (Å²) in [6.07, 6.45) is 7.79. The molecule has 0 aromatic heterocycles. The minimum Gasteiger partial charge on any atom is -0.447 e. The molecule has 1 aromatic rings. The van der Waals surface area contributed by atoms with Crippen molar-refractivity contribution in [2.75, 3.05) is 23.4 Å². The number of amides is 2. The molecule has 6 rings (SSSR count). The van der Waals surface area contributed by atoms with Gasteiger partial charge >= 0.3 is 6.09 Å². The summed E-state index contributed by atoms with van der Waals surface area (Å²) in [4.78, 5) is 26.0. The fourth-order valence-electron chi connectivity index (χ4n) is 6.44. The van der Waals surface area contributed by atoms with E-state index in [1.165, 1.54) is 32.1 Å². The molecule has 1 aromatic carbocycles. The summed E-state index contributed by atoms with van der Waals surface area (Å²) in [6.45, 7) is 1.00. The average Bonchev–Trinajstić information content (AvgIpc) is 2.98. The summed E-state index contributed by atoms with van der Waals surface area (Å²) < 4.78 is 5.25. The molecule has 4 saturated carbocycles. The first kappa shape index (κ1) is 17.5. The summed E-state index contributed by atoms with van der Waals surface area (Å²) in [5, 5.41) is 3.07. The molecular weight excluding hydrogens is 408 g/mol. The molecule has 5 fully saturated rings. The molecule has 4 aliphatic carbocycles. The van der Waals surface area contributed by atoms with E-state index in [4.69, 9.17) is 4.74 Å². The molecule has 4 bridgehead atoms. The zero-order chi connectivity index (χ0) is 18.6. The first-order chi connectivity index (χ1) is 12.9. The summed E-state index contributed by atoms with van der Waals surface area (Å²) in [5.74, 6) is 1.69. The van der Waals surface area contributed by atoms with Crippen LogP contribution in [0.2, 0.25) is 0 Å². The molecule has 1 N–H and O–H groups in total. The summed E-state index contributed by atoms with van der Waals surface area (Å²) in [6, 6.07) is 7.45. The summed E-state index contributed by atoms with van der Waals surface area (Å²) in [5.41, 5.74) is 1.77. The highest BCUT2D eigenvalue weighted by Gasteiger charge is 2.57. The van der Waals surface area contributed by atoms with E-state index < -0.39 is 0 Å². The Hall–Kier alpha value is -1.56. The van der Waals surface area contributed by atoms with E-state index in [9.17, 15) is 9.59 Å². The fraction of sp³-hybridized carbons (Fsp3) is 0.619. The van der Waals surface area contributed by atoms with Crippen molar-refractivity contribution in [1.29, 1.82) is 0 Å². The first-order valence-corrected chi connectivity index (χ1v) is 10.7. The Kier molecular flexibility index (Phi) is 4.04. The van der Waals surface area contributed by atoms with Crippen LogP contribution in [-0.4, -0.2) is 29.5 Å². The maximum atomic E-state index is 12.8. The van der Waals surface area contributed by atoms with Crippen molar-refractivity contribution in [2.45, 2.75) is 49.3 Å². The normalized spacial score (nSPS) is 36.8. The van der Waals surface area contributed by atoms with Crippen LogP contribution in [0, 0.1) is 17.3 Å². The number of rotatable bonds is 4. The van der Waals surface area contributed by atoms with Crippen molar-refractivity contribution in [1.82, 2.24) is 0 Å². The number of hydrogen-bond acceptors (Lipinski definition) is 3. The number of ether oxygens (including phenoxy) is 1. The lowest BCUT2D eigenvalue weighted by Crippen LogP contribution is -2.53. The number of anilines is 2. The molecule has 5 aliphatic rings. The van der Waals surface area contributed by atoms with Gasteiger partial charge in [-0.1, -0.05) is 15.9 Å². The molecule has 0 spiro atoms. The largest absolute Gasteiger partial charge is 0.447 e. The maximum absolute atomic E-state index is 12.8. The van der Waals surface area contributed by atoms with Crippen molar-refractivity contribution < 1.29 is 14.3 Å². The van der Waals surface area contributed by atoms with Gasteiger partial charge < -0.3 is 10.1 Å². The van der Waals surface area contributed by atoms with Crippen molar-refractivity contribution in [2.24, 2.45) is 17.3 Å². The Morgan fingerprint density at radius 1 is 1.19 bits per heavy atom. The second kappa shape index (κ2) is 6.23. The van der Waals surface area contributed by atoms with Gasteiger partial charge in [-0.05, 0) is 80.0 Å². The predicted octanol–water partition coefficient (Wildman–Crippen LogP) is 4.71. The van der Waals surface area contributed by atoms with Gasteiger partial charge in [0.2, 0.25) is 5.91 Å². The standard InChI is InChI=1S/C21H25BrN2O3/c22-21-10-14-7-15(11-21)9-20(8-14,13-21)12-18(25)23-16-1-3-17(4-2-16)24-5-6-27-19(24)26/h1-4,14-15H,5-13H2,(H,23,25). The molecule has 1 heterocycles. The van der Waals surface area contributed by atoms with Gasteiger partial charge in [0.05, 0.1) is 6.54 Å². The predicted molar refractivity (Wildman–Crippen MR) is 107 cm³/mol. The highest BCUT2D eigenvalue weighted by molar-refractivity contribution is 9.10. The number of benzene rings is 1. The van der Waals surface area contributed by atoms with E-state index in [2.05, 4.69) is 21.2 Å². The topological polar surface area (TPSA) is 58.6 Å². The third-order valence-electron chi connectivity index (χ3n) is 6.87. The van der Waals surface area contributed by atoms with Crippen LogP contribution in [-0.2, 0) is 9.53 Å². The quantitative estimate of drug-likeness (QED) is 0.700. The van der Waals surface area contributed by atoms with Crippen LogP contribution in [0.1, 0.15) is 44.9 Å². The third-order valence-corrected chi connectivity index (χ3v) is 7.80. The molecule has 144 valence electrons. The number of alkyl halides is 1. The van der Waals surface area contributed by atoms with Gasteiger partial charge in [0, 0.05) is 22.1 Å².